The van der Waals surface area contributed by atoms with Crippen LogP contribution in [0.2, 0.25) is 0 Å². The van der Waals surface area contributed by atoms with Crippen molar-refractivity contribution in [1.82, 2.24) is 19.4 Å². The lowest BCUT2D eigenvalue weighted by Gasteiger charge is -2.01. The van der Waals surface area contributed by atoms with Crippen molar-refractivity contribution in [3.05, 3.63) is 54.5 Å². The van der Waals surface area contributed by atoms with Crippen molar-refractivity contribution in [3.63, 3.8) is 0 Å². The molecule has 3 heterocycles. The van der Waals surface area contributed by atoms with Gasteiger partial charge in [-0.05, 0) is 25.1 Å². The molecule has 0 spiro atoms. The highest BCUT2D eigenvalue weighted by Gasteiger charge is 2.07. The summed E-state index contributed by atoms with van der Waals surface area (Å²) in [6.45, 7) is 2.64. The van der Waals surface area contributed by atoms with Gasteiger partial charge in [-0.2, -0.15) is 0 Å². The number of ether oxygens (including phenoxy) is 1. The van der Waals surface area contributed by atoms with Crippen molar-refractivity contribution >= 4 is 28.4 Å². The largest absolute Gasteiger partial charge is 0.494 e. The summed E-state index contributed by atoms with van der Waals surface area (Å²) in [7, 11) is 0. The average molecular weight is 324 g/mol. The fraction of sp³-hybridized carbons (Fsp3) is 0.176. The average Bonchev–Trinajstić information content (AvgIpc) is 3.19. The Balaban J connectivity index is 1.57. The molecule has 4 rings (SSSR count). The highest BCUT2D eigenvalue weighted by molar-refractivity contribution is 7.98. The summed E-state index contributed by atoms with van der Waals surface area (Å²) in [5, 5.41) is 0.905. The zero-order valence-corrected chi connectivity index (χ0v) is 13.5. The number of aromatic amines is 1. The van der Waals surface area contributed by atoms with Crippen molar-refractivity contribution in [2.75, 3.05) is 6.61 Å². The van der Waals surface area contributed by atoms with Crippen molar-refractivity contribution in [1.29, 1.82) is 0 Å². The van der Waals surface area contributed by atoms with Gasteiger partial charge in [0, 0.05) is 36.0 Å². The summed E-state index contributed by atoms with van der Waals surface area (Å²) in [6, 6.07) is 10.1. The lowest BCUT2D eigenvalue weighted by Crippen LogP contribution is -1.90. The number of nitrogens with zero attached hydrogens (tertiary/aromatic N) is 3. The van der Waals surface area contributed by atoms with Gasteiger partial charge in [0.2, 0.25) is 0 Å². The number of benzene rings is 1. The van der Waals surface area contributed by atoms with Crippen LogP contribution in [0.15, 0.2) is 54.1 Å². The Labute approximate surface area is 137 Å². The van der Waals surface area contributed by atoms with Crippen LogP contribution in [0.1, 0.15) is 12.5 Å². The maximum Gasteiger partial charge on any atom is 0.166 e. The molecule has 0 aliphatic rings. The Bertz CT molecular complexity index is 959. The summed E-state index contributed by atoms with van der Waals surface area (Å²) in [4.78, 5) is 12.4. The maximum atomic E-state index is 5.53. The Kier molecular flexibility index (Phi) is 3.67. The molecule has 0 amide bonds. The molecule has 0 bridgehead atoms. The van der Waals surface area contributed by atoms with Crippen LogP contribution < -0.4 is 4.74 Å². The van der Waals surface area contributed by atoms with Gasteiger partial charge in [-0.1, -0.05) is 17.8 Å². The second kappa shape index (κ2) is 5.96. The number of hydrogen-bond donors (Lipinski definition) is 1. The SMILES string of the molecule is CCOc1ccc2nc(SCc3cccn4ccnc34)[nH]c2c1. The number of fused-ring (bicyclic) bond motifs is 2. The van der Waals surface area contributed by atoms with Gasteiger partial charge < -0.3 is 14.1 Å². The molecular formula is C17H16N4OS. The zero-order chi connectivity index (χ0) is 15.6. The molecule has 4 aromatic rings. The third-order valence-electron chi connectivity index (χ3n) is 3.61. The van der Waals surface area contributed by atoms with Gasteiger partial charge in [0.15, 0.2) is 5.16 Å². The molecule has 116 valence electrons. The summed E-state index contributed by atoms with van der Waals surface area (Å²) in [5.74, 6) is 1.68. The first-order valence-corrected chi connectivity index (χ1v) is 8.48. The minimum Gasteiger partial charge on any atom is -0.494 e. The summed E-state index contributed by atoms with van der Waals surface area (Å²) in [5.41, 5.74) is 4.14. The molecule has 6 heteroatoms. The van der Waals surface area contributed by atoms with Gasteiger partial charge in [0.05, 0.1) is 17.6 Å². The van der Waals surface area contributed by atoms with Gasteiger partial charge >= 0.3 is 0 Å². The first-order valence-electron chi connectivity index (χ1n) is 7.49. The van der Waals surface area contributed by atoms with Crippen LogP contribution in [0.5, 0.6) is 5.75 Å². The highest BCUT2D eigenvalue weighted by atomic mass is 32.2. The molecule has 1 N–H and O–H groups in total. The number of imidazole rings is 2. The number of pyridine rings is 1. The van der Waals surface area contributed by atoms with Crippen molar-refractivity contribution < 1.29 is 4.74 Å². The van der Waals surface area contributed by atoms with E-state index >= 15 is 0 Å². The number of nitrogens with one attached hydrogen (secondary N) is 1. The fourth-order valence-electron chi connectivity index (χ4n) is 2.56. The van der Waals surface area contributed by atoms with E-state index in [1.165, 1.54) is 5.56 Å². The normalized spacial score (nSPS) is 11.3. The van der Waals surface area contributed by atoms with E-state index in [1.807, 2.05) is 54.2 Å². The molecule has 5 nitrogen and oxygen atoms in total. The third-order valence-corrected chi connectivity index (χ3v) is 4.53. The topological polar surface area (TPSA) is 55.2 Å². The predicted octanol–water partition coefficient (Wildman–Crippen LogP) is 3.90. The second-order valence-electron chi connectivity index (χ2n) is 5.13. The van der Waals surface area contributed by atoms with Gasteiger partial charge in [0.1, 0.15) is 11.4 Å². The molecule has 0 saturated carbocycles. The Morgan fingerprint density at radius 2 is 2.22 bits per heavy atom. The van der Waals surface area contributed by atoms with Gasteiger partial charge in [-0.25, -0.2) is 9.97 Å². The van der Waals surface area contributed by atoms with E-state index in [1.54, 1.807) is 11.8 Å². The van der Waals surface area contributed by atoms with E-state index in [0.717, 1.165) is 33.3 Å². The van der Waals surface area contributed by atoms with Gasteiger partial charge in [0.25, 0.3) is 0 Å². The van der Waals surface area contributed by atoms with E-state index in [-0.39, 0.29) is 0 Å². The molecule has 0 atom stereocenters. The van der Waals surface area contributed by atoms with E-state index in [4.69, 9.17) is 4.74 Å². The zero-order valence-electron chi connectivity index (χ0n) is 12.7. The van der Waals surface area contributed by atoms with Crippen molar-refractivity contribution in [2.45, 2.75) is 17.8 Å². The minimum atomic E-state index is 0.662. The fourth-order valence-corrected chi connectivity index (χ4v) is 3.42. The molecule has 0 fully saturated rings. The third kappa shape index (κ3) is 2.77. The van der Waals surface area contributed by atoms with E-state index < -0.39 is 0 Å². The lowest BCUT2D eigenvalue weighted by molar-refractivity contribution is 0.340. The van der Waals surface area contributed by atoms with Crippen LogP contribution in [-0.2, 0) is 5.75 Å². The van der Waals surface area contributed by atoms with Crippen LogP contribution in [0.25, 0.3) is 16.7 Å². The lowest BCUT2D eigenvalue weighted by atomic mass is 10.3. The van der Waals surface area contributed by atoms with E-state index in [9.17, 15) is 0 Å². The van der Waals surface area contributed by atoms with Crippen LogP contribution >= 0.6 is 11.8 Å². The number of hydrogen-bond acceptors (Lipinski definition) is 4. The van der Waals surface area contributed by atoms with E-state index in [2.05, 4.69) is 21.0 Å². The number of rotatable bonds is 5. The smallest absolute Gasteiger partial charge is 0.166 e. The quantitative estimate of drug-likeness (QED) is 0.566. The molecule has 23 heavy (non-hydrogen) atoms. The molecule has 0 unspecified atom stereocenters. The molecule has 0 aliphatic carbocycles. The van der Waals surface area contributed by atoms with Crippen LogP contribution in [-0.4, -0.2) is 26.0 Å². The summed E-state index contributed by atoms with van der Waals surface area (Å²) < 4.78 is 7.56. The second-order valence-corrected chi connectivity index (χ2v) is 6.10. The van der Waals surface area contributed by atoms with Gasteiger partial charge in [-0.15, -0.1) is 0 Å². The molecular weight excluding hydrogens is 308 g/mol. The standard InChI is InChI=1S/C17H16N4OS/c1-2-22-13-5-6-14-15(10-13)20-17(19-14)23-11-12-4-3-8-21-9-7-18-16(12)21/h3-10H,2,11H2,1H3,(H,19,20). The predicted molar refractivity (Wildman–Crippen MR) is 92.0 cm³/mol. The Hall–Kier alpha value is -2.47. The maximum absolute atomic E-state index is 5.53. The monoisotopic (exact) mass is 324 g/mol. The molecule has 0 saturated heterocycles. The molecule has 0 radical (unpaired) electrons. The minimum absolute atomic E-state index is 0.662. The molecule has 1 aromatic carbocycles. The van der Waals surface area contributed by atoms with Crippen LogP contribution in [0.4, 0.5) is 0 Å². The van der Waals surface area contributed by atoms with E-state index in [0.29, 0.717) is 6.61 Å². The van der Waals surface area contributed by atoms with Crippen LogP contribution in [0, 0.1) is 0 Å². The number of H-pyrrole nitrogens is 1. The molecule has 0 aliphatic heterocycles. The highest BCUT2D eigenvalue weighted by Crippen LogP contribution is 2.26. The number of thioether (sulfide) groups is 1. The van der Waals surface area contributed by atoms with Crippen molar-refractivity contribution in [3.8, 4) is 5.75 Å². The Morgan fingerprint density at radius 3 is 3.13 bits per heavy atom. The summed E-state index contributed by atoms with van der Waals surface area (Å²) >= 11 is 1.68. The molecule has 3 aromatic heterocycles. The first kappa shape index (κ1) is 14.1. The summed E-state index contributed by atoms with van der Waals surface area (Å²) in [6.07, 6.45) is 5.78. The van der Waals surface area contributed by atoms with Crippen molar-refractivity contribution in [2.24, 2.45) is 0 Å². The van der Waals surface area contributed by atoms with Gasteiger partial charge in [-0.3, -0.25) is 0 Å². The number of aromatic nitrogens is 4. The Morgan fingerprint density at radius 1 is 1.26 bits per heavy atom. The first-order chi connectivity index (χ1) is 11.3. The van der Waals surface area contributed by atoms with Crippen LogP contribution in [0.3, 0.4) is 0 Å².